The van der Waals surface area contributed by atoms with Crippen molar-refractivity contribution in [1.29, 1.82) is 0 Å². The number of benzene rings is 2. The highest BCUT2D eigenvalue weighted by Gasteiger charge is 2.14. The maximum Gasteiger partial charge on any atom is 0.357 e. The van der Waals surface area contributed by atoms with E-state index in [0.29, 0.717) is 10.7 Å². The fraction of sp³-hybridized carbons (Fsp3) is 0. The Morgan fingerprint density at radius 1 is 1.05 bits per heavy atom. The van der Waals surface area contributed by atoms with E-state index in [0.717, 1.165) is 11.1 Å². The fourth-order valence-corrected chi connectivity index (χ4v) is 2.12. The number of carboxylic acid groups (broad SMARTS) is 1. The second-order valence-electron chi connectivity index (χ2n) is 4.55. The minimum absolute atomic E-state index is 0.0817. The number of nitrogens with zero attached hydrogens (tertiary/aromatic N) is 2. The van der Waals surface area contributed by atoms with Crippen LogP contribution in [0.5, 0.6) is 0 Å². The number of anilines is 2. The summed E-state index contributed by atoms with van der Waals surface area (Å²) < 4.78 is 0. The first kappa shape index (κ1) is 14.1. The van der Waals surface area contributed by atoms with Crippen molar-refractivity contribution < 1.29 is 9.90 Å². The third-order valence-corrected chi connectivity index (χ3v) is 3.34. The number of aromatic amines is 1. The van der Waals surface area contributed by atoms with Gasteiger partial charge in [0.1, 0.15) is 0 Å². The number of hydrogen-bond donors (Lipinski definition) is 3. The molecule has 6 nitrogen and oxygen atoms in total. The third-order valence-electron chi connectivity index (χ3n) is 3.09. The topological polar surface area (TPSA) is 90.9 Å². The molecule has 1 aromatic heterocycles. The molecule has 3 aromatic rings. The molecule has 110 valence electrons. The Morgan fingerprint density at radius 2 is 1.64 bits per heavy atom. The number of hydrogen-bond acceptors (Lipinski definition) is 4. The van der Waals surface area contributed by atoms with Crippen LogP contribution in [0.4, 0.5) is 11.5 Å². The van der Waals surface area contributed by atoms with Gasteiger partial charge in [-0.25, -0.2) is 9.89 Å². The Labute approximate surface area is 130 Å². The Balaban J connectivity index is 1.81. The van der Waals surface area contributed by atoms with Gasteiger partial charge < -0.3 is 10.4 Å². The zero-order valence-electron chi connectivity index (χ0n) is 11.2. The summed E-state index contributed by atoms with van der Waals surface area (Å²) in [5.74, 6) is -0.947. The largest absolute Gasteiger partial charge is 0.476 e. The summed E-state index contributed by atoms with van der Waals surface area (Å²) in [5, 5.41) is 22.1. The standard InChI is InChI=1S/C15H11ClN4O2/c16-11-5-1-9(2-6-11)10-3-7-12(8-4-10)17-14-13(15(21)22)18-20-19-14/h1-8H,(H,21,22)(H2,17,18,19,20). The van der Waals surface area contributed by atoms with Crippen molar-refractivity contribution >= 4 is 29.1 Å². The van der Waals surface area contributed by atoms with Crippen LogP contribution in [0.3, 0.4) is 0 Å². The normalized spacial score (nSPS) is 10.4. The summed E-state index contributed by atoms with van der Waals surface area (Å²) in [6.07, 6.45) is 0. The summed E-state index contributed by atoms with van der Waals surface area (Å²) in [6.45, 7) is 0. The molecule has 3 N–H and O–H groups in total. The molecule has 0 radical (unpaired) electrons. The monoisotopic (exact) mass is 314 g/mol. The van der Waals surface area contributed by atoms with Crippen LogP contribution >= 0.6 is 11.6 Å². The molecule has 22 heavy (non-hydrogen) atoms. The van der Waals surface area contributed by atoms with E-state index < -0.39 is 5.97 Å². The lowest BCUT2D eigenvalue weighted by Gasteiger charge is -2.06. The number of aromatic carboxylic acids is 1. The highest BCUT2D eigenvalue weighted by molar-refractivity contribution is 6.30. The van der Waals surface area contributed by atoms with Gasteiger partial charge in [-0.05, 0) is 35.4 Å². The predicted molar refractivity (Wildman–Crippen MR) is 83.5 cm³/mol. The fourth-order valence-electron chi connectivity index (χ4n) is 1.99. The minimum Gasteiger partial charge on any atom is -0.476 e. The van der Waals surface area contributed by atoms with Crippen LogP contribution in [0.1, 0.15) is 10.5 Å². The molecule has 0 amide bonds. The Bertz CT molecular complexity index is 797. The number of carbonyl (C=O) groups is 1. The Morgan fingerprint density at radius 3 is 2.23 bits per heavy atom. The van der Waals surface area contributed by atoms with E-state index in [9.17, 15) is 4.79 Å². The smallest absolute Gasteiger partial charge is 0.357 e. The van der Waals surface area contributed by atoms with Crippen LogP contribution in [-0.4, -0.2) is 26.5 Å². The molecule has 0 atom stereocenters. The van der Waals surface area contributed by atoms with E-state index in [4.69, 9.17) is 16.7 Å². The van der Waals surface area contributed by atoms with Gasteiger partial charge in [0.15, 0.2) is 11.5 Å². The van der Waals surface area contributed by atoms with Crippen LogP contribution in [0, 0.1) is 0 Å². The van der Waals surface area contributed by atoms with E-state index in [2.05, 4.69) is 20.7 Å². The van der Waals surface area contributed by atoms with Gasteiger partial charge >= 0.3 is 5.97 Å². The van der Waals surface area contributed by atoms with Gasteiger partial charge in [-0.3, -0.25) is 0 Å². The number of nitrogens with one attached hydrogen (secondary N) is 2. The van der Waals surface area contributed by atoms with Crippen molar-refractivity contribution in [2.75, 3.05) is 5.32 Å². The average Bonchev–Trinajstić information content (AvgIpc) is 2.97. The number of aromatic nitrogens is 3. The molecule has 0 saturated carbocycles. The van der Waals surface area contributed by atoms with Crippen LogP contribution in [0.15, 0.2) is 48.5 Å². The lowest BCUT2D eigenvalue weighted by molar-refractivity contribution is 0.0691. The van der Waals surface area contributed by atoms with Gasteiger partial charge in [-0.1, -0.05) is 41.1 Å². The van der Waals surface area contributed by atoms with Gasteiger partial charge in [0.05, 0.1) is 0 Å². The van der Waals surface area contributed by atoms with Crippen LogP contribution < -0.4 is 5.32 Å². The molecule has 3 rings (SSSR count). The van der Waals surface area contributed by atoms with E-state index in [1.165, 1.54) is 0 Å². The summed E-state index contributed by atoms with van der Waals surface area (Å²) in [6, 6.07) is 15.1. The first-order valence-corrected chi connectivity index (χ1v) is 6.78. The van der Waals surface area contributed by atoms with Crippen molar-refractivity contribution in [3.63, 3.8) is 0 Å². The molecule has 2 aromatic carbocycles. The van der Waals surface area contributed by atoms with Crippen LogP contribution in [-0.2, 0) is 0 Å². The molecule has 0 aliphatic carbocycles. The molecular formula is C15H11ClN4O2. The predicted octanol–water partition coefficient (Wildman–Crippen LogP) is 3.57. The molecule has 0 aliphatic heterocycles. The summed E-state index contributed by atoms with van der Waals surface area (Å²) in [5.41, 5.74) is 2.71. The molecule has 0 saturated heterocycles. The molecule has 0 unspecified atom stereocenters. The molecular weight excluding hydrogens is 304 g/mol. The summed E-state index contributed by atoms with van der Waals surface area (Å²) in [7, 11) is 0. The zero-order valence-corrected chi connectivity index (χ0v) is 12.0. The summed E-state index contributed by atoms with van der Waals surface area (Å²) in [4.78, 5) is 11.0. The lowest BCUT2D eigenvalue weighted by atomic mass is 10.1. The van der Waals surface area contributed by atoms with Crippen molar-refractivity contribution in [2.45, 2.75) is 0 Å². The maximum atomic E-state index is 11.0. The van der Waals surface area contributed by atoms with Crippen LogP contribution in [0.25, 0.3) is 11.1 Å². The van der Waals surface area contributed by atoms with Crippen molar-refractivity contribution in [1.82, 2.24) is 15.4 Å². The average molecular weight is 315 g/mol. The van der Waals surface area contributed by atoms with E-state index in [1.54, 1.807) is 0 Å². The molecule has 0 fully saturated rings. The molecule has 0 aliphatic rings. The number of H-pyrrole nitrogens is 1. The number of halogens is 1. The number of rotatable bonds is 4. The Kier molecular flexibility index (Phi) is 3.76. The van der Waals surface area contributed by atoms with Crippen molar-refractivity contribution in [3.8, 4) is 11.1 Å². The number of carboxylic acids is 1. The molecule has 1 heterocycles. The second kappa shape index (κ2) is 5.87. The first-order chi connectivity index (χ1) is 10.6. The zero-order chi connectivity index (χ0) is 15.5. The minimum atomic E-state index is -1.12. The van der Waals surface area contributed by atoms with Gasteiger partial charge in [0.25, 0.3) is 0 Å². The van der Waals surface area contributed by atoms with Crippen molar-refractivity contribution in [2.24, 2.45) is 0 Å². The quantitative estimate of drug-likeness (QED) is 0.685. The highest BCUT2D eigenvalue weighted by atomic mass is 35.5. The highest BCUT2D eigenvalue weighted by Crippen LogP contribution is 2.24. The van der Waals surface area contributed by atoms with Gasteiger partial charge in [-0.15, -0.1) is 5.10 Å². The lowest BCUT2D eigenvalue weighted by Crippen LogP contribution is -2.02. The molecule has 7 heteroatoms. The van der Waals surface area contributed by atoms with E-state index in [-0.39, 0.29) is 11.5 Å². The first-order valence-electron chi connectivity index (χ1n) is 6.41. The second-order valence-corrected chi connectivity index (χ2v) is 4.99. The Hall–Kier alpha value is -2.86. The van der Waals surface area contributed by atoms with E-state index in [1.807, 2.05) is 48.5 Å². The van der Waals surface area contributed by atoms with Crippen LogP contribution in [0.2, 0.25) is 5.02 Å². The van der Waals surface area contributed by atoms with E-state index >= 15 is 0 Å². The maximum absolute atomic E-state index is 11.0. The third kappa shape index (κ3) is 2.91. The van der Waals surface area contributed by atoms with Gasteiger partial charge in [-0.2, -0.15) is 0 Å². The van der Waals surface area contributed by atoms with Gasteiger partial charge in [0, 0.05) is 10.7 Å². The molecule has 0 bridgehead atoms. The summed E-state index contributed by atoms with van der Waals surface area (Å²) >= 11 is 5.87. The van der Waals surface area contributed by atoms with Crippen molar-refractivity contribution in [3.05, 3.63) is 59.2 Å². The SMILES string of the molecule is O=C(O)c1[nH]nnc1Nc1ccc(-c2ccc(Cl)cc2)cc1. The molecule has 0 spiro atoms. The van der Waals surface area contributed by atoms with Gasteiger partial charge in [0.2, 0.25) is 0 Å².